The van der Waals surface area contributed by atoms with E-state index in [0.29, 0.717) is 26.2 Å². The lowest BCUT2D eigenvalue weighted by molar-refractivity contribution is -0.119. The van der Waals surface area contributed by atoms with Crippen molar-refractivity contribution in [1.82, 2.24) is 10.2 Å². The highest BCUT2D eigenvalue weighted by molar-refractivity contribution is 6.56. The van der Waals surface area contributed by atoms with Gasteiger partial charge >= 0.3 is 6.09 Å². The smallest absolute Gasteiger partial charge is 0.414 e. The van der Waals surface area contributed by atoms with E-state index >= 15 is 0 Å². The van der Waals surface area contributed by atoms with Crippen LogP contribution < -0.4 is 10.2 Å². The molecule has 1 fully saturated rings. The molecular formula is C17H20BN3O4. The first-order chi connectivity index (χ1) is 11.9. The highest BCUT2D eigenvalue weighted by Crippen LogP contribution is 2.27. The number of hydrogen-bond acceptors (Lipinski definition) is 4. The molecule has 7 nitrogen and oxygen atoms in total. The maximum absolute atomic E-state index is 12.1. The van der Waals surface area contributed by atoms with Crippen molar-refractivity contribution in [1.29, 1.82) is 0 Å². The van der Waals surface area contributed by atoms with E-state index in [1.165, 1.54) is 6.92 Å². The first-order valence-electron chi connectivity index (χ1n) is 8.33. The standard InChI is InChI=1S/C17H20BN3O4/c1-11(22)19-8-15-10-21(17(24)25-15)14-5-4-13-9-20(16(18)23)6-2-3-12(13)7-14/h4-5,7,15H,2-3,6,8-10H2,1H3,(H,19,22)/t15-/m0/s1. The molecule has 3 amide bonds. The molecule has 1 aromatic rings. The highest BCUT2D eigenvalue weighted by atomic mass is 16.6. The summed E-state index contributed by atoms with van der Waals surface area (Å²) in [5, 5.41) is 2.66. The Morgan fingerprint density at radius 2 is 2.16 bits per heavy atom. The van der Waals surface area contributed by atoms with Crippen molar-refractivity contribution in [3.05, 3.63) is 29.3 Å². The van der Waals surface area contributed by atoms with Crippen molar-refractivity contribution >= 4 is 31.3 Å². The van der Waals surface area contributed by atoms with Crippen molar-refractivity contribution in [3.63, 3.8) is 0 Å². The molecule has 1 N–H and O–H groups in total. The topological polar surface area (TPSA) is 79.0 Å². The third-order valence-electron chi connectivity index (χ3n) is 4.50. The lowest BCUT2D eigenvalue weighted by Gasteiger charge is -2.20. The number of nitrogens with one attached hydrogen (secondary N) is 1. The Bertz CT molecular complexity index is 709. The van der Waals surface area contributed by atoms with E-state index in [-0.39, 0.29) is 12.0 Å². The molecule has 2 aliphatic rings. The second-order valence-electron chi connectivity index (χ2n) is 6.37. The summed E-state index contributed by atoms with van der Waals surface area (Å²) in [5.74, 6) is -0.570. The van der Waals surface area contributed by atoms with Gasteiger partial charge in [-0.2, -0.15) is 0 Å². The normalized spacial score (nSPS) is 19.9. The van der Waals surface area contributed by atoms with Crippen molar-refractivity contribution < 1.29 is 19.1 Å². The highest BCUT2D eigenvalue weighted by Gasteiger charge is 2.32. The average Bonchev–Trinajstić information content (AvgIpc) is 2.80. The number of benzene rings is 1. The minimum absolute atomic E-state index is 0.154. The number of nitrogens with zero attached hydrogens (tertiary/aromatic N) is 2. The molecule has 130 valence electrons. The van der Waals surface area contributed by atoms with E-state index in [0.717, 1.165) is 29.7 Å². The summed E-state index contributed by atoms with van der Waals surface area (Å²) < 4.78 is 5.30. The number of rotatable bonds is 3. The maximum atomic E-state index is 12.1. The molecule has 0 spiro atoms. The summed E-state index contributed by atoms with van der Waals surface area (Å²) in [4.78, 5) is 37.8. The molecule has 1 saturated heterocycles. The number of fused-ring (bicyclic) bond motifs is 1. The van der Waals surface area contributed by atoms with Crippen LogP contribution >= 0.6 is 0 Å². The largest absolute Gasteiger partial charge is 0.442 e. The molecule has 1 atom stereocenters. The van der Waals surface area contributed by atoms with Gasteiger partial charge in [-0.3, -0.25) is 14.5 Å². The molecule has 0 bridgehead atoms. The van der Waals surface area contributed by atoms with Gasteiger partial charge in [-0.25, -0.2) is 4.79 Å². The Balaban J connectivity index is 1.74. The van der Waals surface area contributed by atoms with Crippen LogP contribution in [-0.2, 0) is 22.5 Å². The molecule has 2 aliphatic heterocycles. The number of anilines is 1. The van der Waals surface area contributed by atoms with Crippen LogP contribution in [0.1, 0.15) is 24.5 Å². The summed E-state index contributed by atoms with van der Waals surface area (Å²) >= 11 is 0. The van der Waals surface area contributed by atoms with E-state index < -0.39 is 11.9 Å². The molecule has 3 rings (SSSR count). The molecule has 25 heavy (non-hydrogen) atoms. The predicted octanol–water partition coefficient (Wildman–Crippen LogP) is 1.18. The van der Waals surface area contributed by atoms with E-state index in [1.54, 1.807) is 9.80 Å². The van der Waals surface area contributed by atoms with Crippen LogP contribution in [-0.4, -0.2) is 56.3 Å². The zero-order chi connectivity index (χ0) is 18.0. The van der Waals surface area contributed by atoms with Gasteiger partial charge in [0, 0.05) is 25.7 Å². The number of ether oxygens (including phenoxy) is 1. The number of cyclic esters (lactones) is 1. The lowest BCUT2D eigenvalue weighted by Crippen LogP contribution is -2.33. The van der Waals surface area contributed by atoms with Crippen molar-refractivity contribution in [2.24, 2.45) is 0 Å². The molecule has 0 aromatic heterocycles. The van der Waals surface area contributed by atoms with Crippen molar-refractivity contribution in [3.8, 4) is 0 Å². The molecular weight excluding hydrogens is 321 g/mol. The van der Waals surface area contributed by atoms with Gasteiger partial charge in [-0.15, -0.1) is 0 Å². The number of aryl methyl sites for hydroxylation is 1. The molecule has 0 saturated carbocycles. The van der Waals surface area contributed by atoms with Gasteiger partial charge in [0.15, 0.2) is 5.81 Å². The maximum Gasteiger partial charge on any atom is 0.414 e. The average molecular weight is 341 g/mol. The Morgan fingerprint density at radius 1 is 1.36 bits per heavy atom. The zero-order valence-corrected chi connectivity index (χ0v) is 14.2. The van der Waals surface area contributed by atoms with Gasteiger partial charge in [0.1, 0.15) is 6.10 Å². The lowest BCUT2D eigenvalue weighted by atomic mass is 10.0. The Hall–Kier alpha value is -2.51. The van der Waals surface area contributed by atoms with Gasteiger partial charge in [0.25, 0.3) is 0 Å². The van der Waals surface area contributed by atoms with Gasteiger partial charge < -0.3 is 15.0 Å². The van der Waals surface area contributed by atoms with E-state index in [2.05, 4.69) is 5.32 Å². The summed E-state index contributed by atoms with van der Waals surface area (Å²) in [6.07, 6.45) is 0.878. The van der Waals surface area contributed by atoms with Crippen LogP contribution in [0, 0.1) is 0 Å². The van der Waals surface area contributed by atoms with E-state index in [9.17, 15) is 14.4 Å². The quantitative estimate of drug-likeness (QED) is 0.838. The summed E-state index contributed by atoms with van der Waals surface area (Å²) in [6.45, 7) is 3.24. The second kappa shape index (κ2) is 7.17. The summed E-state index contributed by atoms with van der Waals surface area (Å²) in [6, 6.07) is 5.76. The number of amides is 3. The van der Waals surface area contributed by atoms with E-state index in [1.807, 2.05) is 18.2 Å². The summed E-state index contributed by atoms with van der Waals surface area (Å²) in [5.41, 5.74) is 2.92. The van der Waals surface area contributed by atoms with Crippen LogP contribution in [0.25, 0.3) is 0 Å². The van der Waals surface area contributed by atoms with Crippen LogP contribution in [0.2, 0.25) is 0 Å². The summed E-state index contributed by atoms with van der Waals surface area (Å²) in [7, 11) is 5.39. The fourth-order valence-electron chi connectivity index (χ4n) is 3.20. The molecule has 8 heteroatoms. The number of carbonyl (C=O) groups excluding carboxylic acids is 3. The van der Waals surface area contributed by atoms with Gasteiger partial charge in [-0.1, -0.05) is 6.07 Å². The zero-order valence-electron chi connectivity index (χ0n) is 14.2. The molecule has 0 unspecified atom stereocenters. The third-order valence-corrected chi connectivity index (χ3v) is 4.50. The number of hydrogen-bond donors (Lipinski definition) is 1. The minimum Gasteiger partial charge on any atom is -0.442 e. The van der Waals surface area contributed by atoms with Crippen molar-refractivity contribution in [2.75, 3.05) is 24.5 Å². The molecule has 1 aromatic carbocycles. The SMILES string of the molecule is [B]C(=O)N1CCCc2cc(N3C[C@H](CNC(C)=O)OC3=O)ccc2C1. The van der Waals surface area contributed by atoms with Gasteiger partial charge in [-0.05, 0) is 36.1 Å². The van der Waals surface area contributed by atoms with Crippen LogP contribution in [0.15, 0.2) is 18.2 Å². The Kier molecular flexibility index (Phi) is 4.97. The fraction of sp³-hybridized carbons (Fsp3) is 0.471. The fourth-order valence-corrected chi connectivity index (χ4v) is 3.20. The van der Waals surface area contributed by atoms with Crippen LogP contribution in [0.5, 0.6) is 0 Å². The predicted molar refractivity (Wildman–Crippen MR) is 92.6 cm³/mol. The molecule has 2 heterocycles. The minimum atomic E-state index is -0.416. The Morgan fingerprint density at radius 3 is 2.88 bits per heavy atom. The number of carbonyl (C=O) groups is 3. The monoisotopic (exact) mass is 341 g/mol. The molecule has 2 radical (unpaired) electrons. The van der Waals surface area contributed by atoms with Gasteiger partial charge in [0.2, 0.25) is 13.8 Å². The third kappa shape index (κ3) is 3.95. The Labute approximate surface area is 147 Å². The first kappa shape index (κ1) is 17.3. The van der Waals surface area contributed by atoms with E-state index in [4.69, 9.17) is 12.6 Å². The first-order valence-corrected chi connectivity index (χ1v) is 8.33. The van der Waals surface area contributed by atoms with Gasteiger partial charge in [0.05, 0.1) is 13.1 Å². The van der Waals surface area contributed by atoms with Crippen LogP contribution in [0.3, 0.4) is 0 Å². The second-order valence-corrected chi connectivity index (χ2v) is 6.37. The molecule has 0 aliphatic carbocycles. The van der Waals surface area contributed by atoms with Crippen LogP contribution in [0.4, 0.5) is 15.3 Å². The van der Waals surface area contributed by atoms with Crippen molar-refractivity contribution in [2.45, 2.75) is 32.4 Å².